The maximum Gasteiger partial charge on any atom is 0.347 e. The fourth-order valence-corrected chi connectivity index (χ4v) is 5.38. The van der Waals surface area contributed by atoms with Crippen molar-refractivity contribution >= 4 is 52.3 Å². The lowest BCUT2D eigenvalue weighted by Crippen LogP contribution is -2.49. The molecule has 3 aromatic rings. The summed E-state index contributed by atoms with van der Waals surface area (Å²) in [6, 6.07) is 9.68. The molecule has 0 aliphatic rings. The minimum Gasteiger partial charge on any atom is -0.508 e. The van der Waals surface area contributed by atoms with Gasteiger partial charge in [-0.3, -0.25) is 24.0 Å². The maximum atomic E-state index is 13.4. The Morgan fingerprint density at radius 3 is 2.45 bits per heavy atom. The lowest BCUT2D eigenvalue weighted by Gasteiger charge is -2.22. The number of nitrogens with one attached hydrogen (secondary N) is 2. The number of carbonyl (C=O) groups excluding carboxylic acids is 3. The number of fused-ring (bicyclic) bond motifs is 1. The largest absolute Gasteiger partial charge is 0.508 e. The number of amides is 2. The van der Waals surface area contributed by atoms with Crippen molar-refractivity contribution in [1.82, 2.24) is 10.6 Å². The zero-order valence-electron chi connectivity index (χ0n) is 23.5. The summed E-state index contributed by atoms with van der Waals surface area (Å²) in [6.07, 6.45) is -0.862. The van der Waals surface area contributed by atoms with Crippen LogP contribution >= 0.6 is 11.8 Å². The van der Waals surface area contributed by atoms with Gasteiger partial charge in [0.15, 0.2) is 5.78 Å². The Morgan fingerprint density at radius 1 is 1.07 bits per heavy atom. The zero-order valence-corrected chi connectivity index (χ0v) is 24.3. The Balaban J connectivity index is 1.85. The van der Waals surface area contributed by atoms with Gasteiger partial charge >= 0.3 is 17.6 Å². The van der Waals surface area contributed by atoms with Gasteiger partial charge in [0, 0.05) is 40.9 Å². The summed E-state index contributed by atoms with van der Waals surface area (Å²) in [5.41, 5.74) is 4.85. The molecule has 0 aliphatic heterocycles. The molecule has 0 spiro atoms. The number of ether oxygens (including phenoxy) is 1. The molecule has 2 aromatic carbocycles. The number of ketones is 1. The number of hydrogen-bond donors (Lipinski definition) is 6. The highest BCUT2D eigenvalue weighted by Gasteiger charge is 2.28. The Kier molecular flexibility index (Phi) is 11.9. The van der Waals surface area contributed by atoms with E-state index >= 15 is 0 Å². The number of thioether (sulfide) groups is 1. The van der Waals surface area contributed by atoms with Gasteiger partial charge in [-0.1, -0.05) is 18.2 Å². The number of para-hydroxylation sites is 1. The number of methoxy groups -OCH3 is 1. The van der Waals surface area contributed by atoms with Crippen molar-refractivity contribution in [2.75, 3.05) is 19.4 Å². The predicted octanol–water partition coefficient (Wildman–Crippen LogP) is 1.43. The van der Waals surface area contributed by atoms with Gasteiger partial charge in [0.2, 0.25) is 11.8 Å². The number of carbonyl (C=O) groups is 5. The van der Waals surface area contributed by atoms with Crippen LogP contribution in [0, 0.1) is 0 Å². The second-order valence-electron chi connectivity index (χ2n) is 9.57. The highest BCUT2D eigenvalue weighted by Crippen LogP contribution is 2.38. The van der Waals surface area contributed by atoms with Crippen molar-refractivity contribution in [3.8, 4) is 11.5 Å². The van der Waals surface area contributed by atoms with Crippen LogP contribution in [0.4, 0.5) is 0 Å². The second-order valence-corrected chi connectivity index (χ2v) is 10.8. The van der Waals surface area contributed by atoms with Gasteiger partial charge in [-0.2, -0.15) is 11.8 Å². The molecule has 3 rings (SSSR count). The first-order valence-corrected chi connectivity index (χ1v) is 14.3. The van der Waals surface area contributed by atoms with Gasteiger partial charge in [-0.15, -0.1) is 0 Å². The van der Waals surface area contributed by atoms with E-state index in [4.69, 9.17) is 25.1 Å². The topological polar surface area (TPSA) is 236 Å². The average Bonchev–Trinajstić information content (AvgIpc) is 2.99. The monoisotopic (exact) mass is 629 g/mol. The molecule has 0 radical (unpaired) electrons. The molecule has 0 aliphatic carbocycles. The number of Topliss-reactive ketones (excluding diaryl/α,β-unsaturated/α-hetero) is 1. The van der Waals surface area contributed by atoms with Crippen LogP contribution < -0.4 is 26.7 Å². The van der Waals surface area contributed by atoms with E-state index in [2.05, 4.69) is 10.6 Å². The summed E-state index contributed by atoms with van der Waals surface area (Å²) in [6.45, 7) is -0.731. The summed E-state index contributed by atoms with van der Waals surface area (Å²) < 4.78 is 10.5. The number of carboxylic acids is 2. The summed E-state index contributed by atoms with van der Waals surface area (Å²) in [4.78, 5) is 73.4. The number of phenolic OH excluding ortho intramolecular Hbond substituents is 1. The van der Waals surface area contributed by atoms with Crippen molar-refractivity contribution in [3.05, 3.63) is 70.1 Å². The minimum absolute atomic E-state index is 0.158. The SMILES string of the molecule is COc1ccc2cc(C(=O)CC(SC[C@H](NC(=O)CC[C@H](N)C(=O)O)C(=O)NCC(=O)O)c3ccccc3O)c(=O)oc2c1. The summed E-state index contributed by atoms with van der Waals surface area (Å²) in [5, 5.41) is 32.7. The Morgan fingerprint density at radius 2 is 1.80 bits per heavy atom. The molecule has 0 saturated heterocycles. The first-order valence-electron chi connectivity index (χ1n) is 13.2. The van der Waals surface area contributed by atoms with Gasteiger partial charge in [-0.05, 0) is 30.7 Å². The molecule has 2 amide bonds. The van der Waals surface area contributed by atoms with Gasteiger partial charge in [0.25, 0.3) is 0 Å². The number of aliphatic carboxylic acids is 2. The molecule has 15 heteroatoms. The molecule has 0 bridgehead atoms. The molecule has 14 nitrogen and oxygen atoms in total. The van der Waals surface area contributed by atoms with Crippen molar-refractivity contribution in [2.45, 2.75) is 36.6 Å². The number of benzene rings is 2. The maximum absolute atomic E-state index is 13.4. The van der Waals surface area contributed by atoms with Crippen LogP contribution in [0.2, 0.25) is 0 Å². The van der Waals surface area contributed by atoms with Crippen molar-refractivity contribution in [1.29, 1.82) is 0 Å². The second kappa shape index (κ2) is 15.5. The molecule has 0 fully saturated rings. The molecular formula is C29H31N3O11S. The van der Waals surface area contributed by atoms with Crippen LogP contribution in [0.15, 0.2) is 57.7 Å². The zero-order chi connectivity index (χ0) is 32.4. The van der Waals surface area contributed by atoms with E-state index in [1.807, 2.05) is 0 Å². The van der Waals surface area contributed by atoms with E-state index in [1.165, 1.54) is 25.3 Å². The fourth-order valence-electron chi connectivity index (χ4n) is 4.07. The van der Waals surface area contributed by atoms with Crippen molar-refractivity contribution < 1.29 is 48.4 Å². The molecule has 234 valence electrons. The smallest absolute Gasteiger partial charge is 0.347 e. The summed E-state index contributed by atoms with van der Waals surface area (Å²) >= 11 is 0.996. The van der Waals surface area contributed by atoms with E-state index in [9.17, 15) is 33.9 Å². The van der Waals surface area contributed by atoms with Crippen LogP contribution in [-0.2, 0) is 19.2 Å². The third-order valence-corrected chi connectivity index (χ3v) is 7.78. The third kappa shape index (κ3) is 9.31. The number of phenols is 1. The molecule has 44 heavy (non-hydrogen) atoms. The number of carboxylic acid groups (broad SMARTS) is 2. The molecule has 1 aromatic heterocycles. The minimum atomic E-state index is -1.33. The Labute approximate surface area is 254 Å². The van der Waals surface area contributed by atoms with Crippen LogP contribution in [0.25, 0.3) is 11.0 Å². The lowest BCUT2D eigenvalue weighted by atomic mass is 10.0. The van der Waals surface area contributed by atoms with E-state index < -0.39 is 59.0 Å². The normalized spacial score (nSPS) is 13.0. The molecule has 3 atom stereocenters. The van der Waals surface area contributed by atoms with Gasteiger partial charge in [0.1, 0.15) is 41.3 Å². The predicted molar refractivity (Wildman–Crippen MR) is 159 cm³/mol. The highest BCUT2D eigenvalue weighted by atomic mass is 32.2. The van der Waals surface area contributed by atoms with E-state index in [1.54, 1.807) is 30.3 Å². The first-order chi connectivity index (χ1) is 20.9. The van der Waals surface area contributed by atoms with Crippen LogP contribution in [0.1, 0.15) is 40.4 Å². The van der Waals surface area contributed by atoms with Gasteiger partial charge < -0.3 is 40.8 Å². The van der Waals surface area contributed by atoms with E-state index in [0.29, 0.717) is 16.7 Å². The number of aromatic hydroxyl groups is 1. The highest BCUT2D eigenvalue weighted by molar-refractivity contribution is 7.99. The number of hydrogen-bond acceptors (Lipinski definition) is 11. The molecule has 1 heterocycles. The molecular weight excluding hydrogens is 598 g/mol. The van der Waals surface area contributed by atoms with Crippen LogP contribution in [0.3, 0.4) is 0 Å². The first kappa shape index (κ1) is 33.6. The fraction of sp³-hybridized carbons (Fsp3) is 0.310. The van der Waals surface area contributed by atoms with E-state index in [0.717, 1.165) is 11.8 Å². The molecule has 1 unspecified atom stereocenters. The van der Waals surface area contributed by atoms with Crippen LogP contribution in [0.5, 0.6) is 11.5 Å². The quantitative estimate of drug-likeness (QED) is 0.0973. The number of rotatable bonds is 16. The van der Waals surface area contributed by atoms with Crippen LogP contribution in [-0.4, -0.2) is 76.3 Å². The molecule has 0 saturated carbocycles. The standard InChI is InChI=1S/C29H31N3O11S/c1-42-16-7-6-15-10-18(29(41)43-23(15)11-16)22(34)12-24(17-4-2-3-5-21(17)33)44-14-20(27(38)31-13-26(36)37)32-25(35)9-8-19(30)28(39)40/h2-7,10-11,19-20,24,33H,8-9,12-14,30H2,1H3,(H,31,38)(H,32,35)(H,36,37)(H,39,40)/t19-,20-,24?/m0/s1. The van der Waals surface area contributed by atoms with Crippen molar-refractivity contribution in [2.24, 2.45) is 5.73 Å². The Bertz CT molecular complexity index is 1610. The van der Waals surface area contributed by atoms with E-state index in [-0.39, 0.29) is 41.9 Å². The third-order valence-electron chi connectivity index (χ3n) is 6.43. The van der Waals surface area contributed by atoms with Gasteiger partial charge in [-0.25, -0.2) is 4.79 Å². The summed E-state index contributed by atoms with van der Waals surface area (Å²) in [5.74, 6) is -4.70. The lowest BCUT2D eigenvalue weighted by molar-refractivity contribution is -0.139. The summed E-state index contributed by atoms with van der Waals surface area (Å²) in [7, 11) is 1.45. The average molecular weight is 630 g/mol. The number of nitrogens with two attached hydrogens (primary N) is 1. The van der Waals surface area contributed by atoms with Crippen molar-refractivity contribution in [3.63, 3.8) is 0 Å². The van der Waals surface area contributed by atoms with Gasteiger partial charge in [0.05, 0.1) is 7.11 Å². The molecule has 7 N–H and O–H groups in total. The Hall–Kier alpha value is -4.89.